The molecular formula is C17H17BrO. The summed E-state index contributed by atoms with van der Waals surface area (Å²) in [7, 11) is 0. The number of benzene rings is 2. The van der Waals surface area contributed by atoms with Crippen molar-refractivity contribution in [2.24, 2.45) is 0 Å². The van der Waals surface area contributed by atoms with Crippen LogP contribution in [0.3, 0.4) is 0 Å². The highest BCUT2D eigenvalue weighted by molar-refractivity contribution is 9.10. The minimum atomic E-state index is 0.687. The predicted octanol–water partition coefficient (Wildman–Crippen LogP) is 5.22. The lowest BCUT2D eigenvalue weighted by molar-refractivity contribution is 0.338. The molecule has 0 aliphatic carbocycles. The summed E-state index contributed by atoms with van der Waals surface area (Å²) in [6.45, 7) is 8.93. The van der Waals surface area contributed by atoms with E-state index in [1.165, 1.54) is 0 Å². The van der Waals surface area contributed by atoms with Gasteiger partial charge in [0, 0.05) is 4.47 Å². The summed E-state index contributed by atoms with van der Waals surface area (Å²) < 4.78 is 6.62. The Bertz CT molecular complexity index is 602. The fourth-order valence-corrected chi connectivity index (χ4v) is 2.40. The van der Waals surface area contributed by atoms with Gasteiger partial charge in [-0.15, -0.1) is 0 Å². The number of ether oxygens (including phenoxy) is 1. The molecule has 0 aliphatic rings. The molecule has 0 N–H and O–H groups in total. The van der Waals surface area contributed by atoms with Crippen molar-refractivity contribution in [2.45, 2.75) is 13.8 Å². The van der Waals surface area contributed by atoms with E-state index >= 15 is 0 Å². The van der Waals surface area contributed by atoms with E-state index in [2.05, 4.69) is 53.7 Å². The molecular weight excluding hydrogens is 300 g/mol. The molecule has 2 aromatic rings. The highest BCUT2D eigenvalue weighted by Crippen LogP contribution is 2.28. The zero-order valence-corrected chi connectivity index (χ0v) is 12.8. The van der Waals surface area contributed by atoms with Crippen molar-refractivity contribution in [1.29, 1.82) is 0 Å². The SMILES string of the molecule is C=C(c1cccc(Br)c1)c1ccc(OCC)c(C)c1. The Hall–Kier alpha value is -1.54. The molecule has 0 fully saturated rings. The van der Waals surface area contributed by atoms with Crippen LogP contribution in [0.1, 0.15) is 23.6 Å². The normalized spacial score (nSPS) is 10.3. The van der Waals surface area contributed by atoms with Gasteiger partial charge in [0.2, 0.25) is 0 Å². The molecule has 0 spiro atoms. The van der Waals surface area contributed by atoms with Gasteiger partial charge >= 0.3 is 0 Å². The van der Waals surface area contributed by atoms with Crippen molar-refractivity contribution in [3.8, 4) is 5.75 Å². The van der Waals surface area contributed by atoms with Crippen LogP contribution in [-0.2, 0) is 0 Å². The number of hydrogen-bond acceptors (Lipinski definition) is 1. The molecule has 2 aromatic carbocycles. The molecule has 98 valence electrons. The molecule has 0 bridgehead atoms. The van der Waals surface area contributed by atoms with Gasteiger partial charge in [0.1, 0.15) is 5.75 Å². The number of hydrogen-bond donors (Lipinski definition) is 0. The summed E-state index contributed by atoms with van der Waals surface area (Å²) in [5.74, 6) is 0.938. The Morgan fingerprint density at radius 3 is 2.53 bits per heavy atom. The Kier molecular flexibility index (Phi) is 4.43. The van der Waals surface area contributed by atoms with Crippen LogP contribution in [-0.4, -0.2) is 6.61 Å². The standard InChI is InChI=1S/C17H17BrO/c1-4-19-17-9-8-15(10-12(17)2)13(3)14-6-5-7-16(18)11-14/h5-11H,3-4H2,1-2H3. The van der Waals surface area contributed by atoms with Crippen LogP contribution in [0, 0.1) is 6.92 Å². The highest BCUT2D eigenvalue weighted by Gasteiger charge is 2.06. The van der Waals surface area contributed by atoms with Crippen molar-refractivity contribution < 1.29 is 4.74 Å². The van der Waals surface area contributed by atoms with Gasteiger partial charge < -0.3 is 4.74 Å². The molecule has 0 radical (unpaired) electrons. The second-order valence-corrected chi connectivity index (χ2v) is 5.32. The van der Waals surface area contributed by atoms with Gasteiger partial charge in [-0.3, -0.25) is 0 Å². The zero-order chi connectivity index (χ0) is 13.8. The average Bonchev–Trinajstić information content (AvgIpc) is 2.40. The van der Waals surface area contributed by atoms with E-state index in [1.807, 2.05) is 25.1 Å². The van der Waals surface area contributed by atoms with E-state index in [9.17, 15) is 0 Å². The van der Waals surface area contributed by atoms with Crippen LogP contribution >= 0.6 is 15.9 Å². The largest absolute Gasteiger partial charge is 0.494 e. The van der Waals surface area contributed by atoms with Gasteiger partial charge in [0.05, 0.1) is 6.61 Å². The molecule has 19 heavy (non-hydrogen) atoms. The molecule has 1 nitrogen and oxygen atoms in total. The summed E-state index contributed by atoms with van der Waals surface area (Å²) in [5.41, 5.74) is 4.40. The molecule has 0 unspecified atom stereocenters. The van der Waals surface area contributed by atoms with E-state index < -0.39 is 0 Å². The topological polar surface area (TPSA) is 9.23 Å². The minimum Gasteiger partial charge on any atom is -0.494 e. The molecule has 2 heteroatoms. The number of halogens is 1. The third kappa shape index (κ3) is 3.27. The van der Waals surface area contributed by atoms with Crippen LogP contribution < -0.4 is 4.74 Å². The molecule has 0 heterocycles. The first-order valence-corrected chi connectivity index (χ1v) is 7.09. The first-order valence-electron chi connectivity index (χ1n) is 6.30. The Morgan fingerprint density at radius 1 is 1.16 bits per heavy atom. The smallest absolute Gasteiger partial charge is 0.122 e. The van der Waals surface area contributed by atoms with Gasteiger partial charge in [0.15, 0.2) is 0 Å². The summed E-state index contributed by atoms with van der Waals surface area (Å²) >= 11 is 3.49. The molecule has 0 amide bonds. The van der Waals surface area contributed by atoms with E-state index in [0.717, 1.165) is 32.5 Å². The van der Waals surface area contributed by atoms with Crippen LogP contribution in [0.25, 0.3) is 5.57 Å². The summed E-state index contributed by atoms with van der Waals surface area (Å²) in [4.78, 5) is 0. The van der Waals surface area contributed by atoms with Crippen LogP contribution in [0.4, 0.5) is 0 Å². The van der Waals surface area contributed by atoms with Crippen LogP contribution in [0.5, 0.6) is 5.75 Å². The lowest BCUT2D eigenvalue weighted by Crippen LogP contribution is -1.95. The van der Waals surface area contributed by atoms with Crippen molar-refractivity contribution in [3.05, 3.63) is 70.2 Å². The first-order chi connectivity index (χ1) is 9.11. The van der Waals surface area contributed by atoms with E-state index in [-0.39, 0.29) is 0 Å². The summed E-state index contributed by atoms with van der Waals surface area (Å²) in [6, 6.07) is 14.4. The second kappa shape index (κ2) is 6.07. The van der Waals surface area contributed by atoms with Gasteiger partial charge in [-0.2, -0.15) is 0 Å². The summed E-state index contributed by atoms with van der Waals surface area (Å²) in [5, 5.41) is 0. The molecule has 0 atom stereocenters. The highest BCUT2D eigenvalue weighted by atomic mass is 79.9. The molecule has 0 saturated carbocycles. The van der Waals surface area contributed by atoms with Crippen molar-refractivity contribution in [2.75, 3.05) is 6.61 Å². The number of rotatable bonds is 4. The minimum absolute atomic E-state index is 0.687. The molecule has 0 saturated heterocycles. The van der Waals surface area contributed by atoms with Gasteiger partial charge in [-0.25, -0.2) is 0 Å². The third-order valence-electron chi connectivity index (χ3n) is 3.00. The monoisotopic (exact) mass is 316 g/mol. The second-order valence-electron chi connectivity index (χ2n) is 4.40. The van der Waals surface area contributed by atoms with Gasteiger partial charge in [0.25, 0.3) is 0 Å². The predicted molar refractivity (Wildman–Crippen MR) is 84.6 cm³/mol. The molecule has 2 rings (SSSR count). The zero-order valence-electron chi connectivity index (χ0n) is 11.2. The quantitative estimate of drug-likeness (QED) is 0.751. The summed E-state index contributed by atoms with van der Waals surface area (Å²) in [6.07, 6.45) is 0. The van der Waals surface area contributed by atoms with Crippen molar-refractivity contribution >= 4 is 21.5 Å². The maximum atomic E-state index is 5.56. The van der Waals surface area contributed by atoms with Gasteiger partial charge in [-0.05, 0) is 60.4 Å². The fourth-order valence-electron chi connectivity index (χ4n) is 2.00. The third-order valence-corrected chi connectivity index (χ3v) is 3.49. The van der Waals surface area contributed by atoms with Gasteiger partial charge in [-0.1, -0.05) is 40.7 Å². The van der Waals surface area contributed by atoms with E-state index in [4.69, 9.17) is 4.74 Å². The first kappa shape index (κ1) is 13.9. The lowest BCUT2D eigenvalue weighted by Gasteiger charge is -2.11. The van der Waals surface area contributed by atoms with Crippen molar-refractivity contribution in [1.82, 2.24) is 0 Å². The van der Waals surface area contributed by atoms with Crippen LogP contribution in [0.2, 0.25) is 0 Å². The molecule has 0 aromatic heterocycles. The maximum Gasteiger partial charge on any atom is 0.122 e. The van der Waals surface area contributed by atoms with E-state index in [0.29, 0.717) is 6.61 Å². The Balaban J connectivity index is 2.32. The average molecular weight is 317 g/mol. The fraction of sp³-hybridized carbons (Fsp3) is 0.176. The van der Waals surface area contributed by atoms with E-state index in [1.54, 1.807) is 0 Å². The van der Waals surface area contributed by atoms with Crippen LogP contribution in [0.15, 0.2) is 53.5 Å². The number of aryl methyl sites for hydroxylation is 1. The Labute approximate surface area is 123 Å². The van der Waals surface area contributed by atoms with Crippen molar-refractivity contribution in [3.63, 3.8) is 0 Å². The maximum absolute atomic E-state index is 5.56. The lowest BCUT2D eigenvalue weighted by atomic mass is 9.98. The molecule has 0 aliphatic heterocycles. The Morgan fingerprint density at radius 2 is 1.89 bits per heavy atom.